The number of aromatic nitrogens is 2. The monoisotopic (exact) mass is 390 g/mol. The molecular weight excluding hydrogens is 379 g/mol. The Kier molecular flexibility index (Phi) is 6.55. The Labute approximate surface area is 151 Å². The molecule has 1 aromatic heterocycles. The standard InChI is InChI=1S/C14H12Cl2N2O3S2/c1-7-11(23-10-3-2-8(15)6-9(10)16)13(22-5-4-19)18-12(17-7)14(20)21/h2-3,6,19H,4-5H2,1H3,(H,20,21). The van der Waals surface area contributed by atoms with Crippen molar-refractivity contribution in [2.45, 2.75) is 21.7 Å². The number of hydrogen-bond acceptors (Lipinski definition) is 6. The zero-order chi connectivity index (χ0) is 17.0. The molecule has 0 fully saturated rings. The Bertz CT molecular complexity index is 744. The molecule has 0 saturated carbocycles. The molecule has 0 saturated heterocycles. The highest BCUT2D eigenvalue weighted by atomic mass is 35.5. The average Bonchev–Trinajstić information content (AvgIpc) is 2.49. The van der Waals surface area contributed by atoms with E-state index in [2.05, 4.69) is 9.97 Å². The Hall–Kier alpha value is -0.990. The highest BCUT2D eigenvalue weighted by Crippen LogP contribution is 2.40. The molecule has 2 N–H and O–H groups in total. The first-order chi connectivity index (χ1) is 10.9. The van der Waals surface area contributed by atoms with E-state index in [0.29, 0.717) is 31.4 Å². The number of rotatable bonds is 6. The number of benzene rings is 1. The molecule has 2 rings (SSSR count). The van der Waals surface area contributed by atoms with Crippen LogP contribution in [-0.2, 0) is 0 Å². The summed E-state index contributed by atoms with van der Waals surface area (Å²) >= 11 is 14.7. The SMILES string of the molecule is Cc1nc(C(=O)O)nc(SCCO)c1Sc1ccc(Cl)cc1Cl. The van der Waals surface area contributed by atoms with Crippen molar-refractivity contribution in [3.8, 4) is 0 Å². The number of halogens is 2. The summed E-state index contributed by atoms with van der Waals surface area (Å²) in [6.07, 6.45) is 0. The molecule has 122 valence electrons. The summed E-state index contributed by atoms with van der Waals surface area (Å²) in [6.45, 7) is 1.67. The van der Waals surface area contributed by atoms with E-state index in [1.807, 2.05) is 0 Å². The summed E-state index contributed by atoms with van der Waals surface area (Å²) in [7, 11) is 0. The lowest BCUT2D eigenvalue weighted by Crippen LogP contribution is -2.08. The van der Waals surface area contributed by atoms with Gasteiger partial charge >= 0.3 is 5.97 Å². The first-order valence-corrected chi connectivity index (χ1v) is 8.96. The summed E-state index contributed by atoms with van der Waals surface area (Å²) < 4.78 is 0. The summed E-state index contributed by atoms with van der Waals surface area (Å²) in [5.74, 6) is -1.06. The zero-order valence-electron chi connectivity index (χ0n) is 11.9. The molecule has 2 aromatic rings. The van der Waals surface area contributed by atoms with Gasteiger partial charge in [0, 0.05) is 15.7 Å². The van der Waals surface area contributed by atoms with E-state index in [-0.39, 0.29) is 12.4 Å². The lowest BCUT2D eigenvalue weighted by molar-refractivity contribution is 0.0681. The normalized spacial score (nSPS) is 10.8. The fourth-order valence-corrected chi connectivity index (χ4v) is 4.04. The maximum atomic E-state index is 11.1. The topological polar surface area (TPSA) is 83.3 Å². The third-order valence-corrected chi connectivity index (χ3v) is 5.64. The van der Waals surface area contributed by atoms with E-state index in [0.717, 1.165) is 4.90 Å². The van der Waals surface area contributed by atoms with Crippen LogP contribution in [0.2, 0.25) is 10.0 Å². The van der Waals surface area contributed by atoms with Gasteiger partial charge in [0.2, 0.25) is 5.82 Å². The Morgan fingerprint density at radius 1 is 1.30 bits per heavy atom. The second-order valence-corrected chi connectivity index (χ2v) is 7.30. The smallest absolute Gasteiger partial charge is 0.373 e. The van der Waals surface area contributed by atoms with E-state index in [1.165, 1.54) is 23.5 Å². The number of carboxylic acid groups (broad SMARTS) is 1. The number of thioether (sulfide) groups is 1. The molecule has 0 aliphatic carbocycles. The van der Waals surface area contributed by atoms with Gasteiger partial charge in [-0.05, 0) is 25.1 Å². The van der Waals surface area contributed by atoms with Crippen LogP contribution >= 0.6 is 46.7 Å². The number of nitrogens with zero attached hydrogens (tertiary/aromatic N) is 2. The predicted molar refractivity (Wildman–Crippen MR) is 92.1 cm³/mol. The minimum Gasteiger partial charge on any atom is -0.475 e. The predicted octanol–water partition coefficient (Wildman–Crippen LogP) is 4.03. The highest BCUT2D eigenvalue weighted by Gasteiger charge is 2.18. The van der Waals surface area contributed by atoms with E-state index in [1.54, 1.807) is 25.1 Å². The van der Waals surface area contributed by atoms with Crippen LogP contribution in [-0.4, -0.2) is 38.5 Å². The number of aryl methyl sites for hydroxylation is 1. The average molecular weight is 391 g/mol. The summed E-state index contributed by atoms with van der Waals surface area (Å²) in [5.41, 5.74) is 0.536. The molecule has 0 aliphatic rings. The van der Waals surface area contributed by atoms with Crippen LogP contribution < -0.4 is 0 Å². The van der Waals surface area contributed by atoms with Gasteiger partial charge in [0.1, 0.15) is 5.03 Å². The molecule has 0 radical (unpaired) electrons. The molecular formula is C14H12Cl2N2O3S2. The van der Waals surface area contributed by atoms with Gasteiger partial charge in [0.25, 0.3) is 0 Å². The zero-order valence-corrected chi connectivity index (χ0v) is 15.1. The maximum absolute atomic E-state index is 11.1. The number of aromatic carboxylic acids is 1. The van der Waals surface area contributed by atoms with Crippen molar-refractivity contribution in [1.29, 1.82) is 0 Å². The van der Waals surface area contributed by atoms with Gasteiger partial charge in [0.05, 0.1) is 22.2 Å². The minimum absolute atomic E-state index is 0.0398. The maximum Gasteiger partial charge on any atom is 0.373 e. The van der Waals surface area contributed by atoms with Crippen LogP contribution in [0.25, 0.3) is 0 Å². The van der Waals surface area contributed by atoms with Crippen LogP contribution in [0.5, 0.6) is 0 Å². The van der Waals surface area contributed by atoms with Crippen LogP contribution in [0.15, 0.2) is 33.0 Å². The van der Waals surface area contributed by atoms with Crippen molar-refractivity contribution >= 4 is 52.7 Å². The molecule has 23 heavy (non-hydrogen) atoms. The fraction of sp³-hybridized carbons (Fsp3) is 0.214. The van der Waals surface area contributed by atoms with Crippen LogP contribution in [0.3, 0.4) is 0 Å². The number of aliphatic hydroxyl groups is 1. The molecule has 9 heteroatoms. The Morgan fingerprint density at radius 2 is 2.04 bits per heavy atom. The third-order valence-electron chi connectivity index (χ3n) is 2.63. The van der Waals surface area contributed by atoms with Crippen molar-refractivity contribution in [1.82, 2.24) is 9.97 Å². The summed E-state index contributed by atoms with van der Waals surface area (Å²) in [6, 6.07) is 5.13. The van der Waals surface area contributed by atoms with Gasteiger partial charge in [0.15, 0.2) is 0 Å². The Morgan fingerprint density at radius 3 is 2.65 bits per heavy atom. The van der Waals surface area contributed by atoms with Crippen molar-refractivity contribution in [2.24, 2.45) is 0 Å². The van der Waals surface area contributed by atoms with E-state index in [9.17, 15) is 4.79 Å². The van der Waals surface area contributed by atoms with Gasteiger partial charge in [-0.25, -0.2) is 14.8 Å². The van der Waals surface area contributed by atoms with Crippen LogP contribution in [0.1, 0.15) is 16.3 Å². The lowest BCUT2D eigenvalue weighted by Gasteiger charge is -2.12. The second kappa shape index (κ2) is 8.21. The largest absolute Gasteiger partial charge is 0.475 e. The third kappa shape index (κ3) is 4.74. The van der Waals surface area contributed by atoms with Crippen molar-refractivity contribution in [3.05, 3.63) is 39.8 Å². The van der Waals surface area contributed by atoms with E-state index in [4.69, 9.17) is 33.4 Å². The molecule has 0 atom stereocenters. The molecule has 0 unspecified atom stereocenters. The second-order valence-electron chi connectivity index (χ2n) is 4.32. The molecule has 0 bridgehead atoms. The van der Waals surface area contributed by atoms with Crippen LogP contribution in [0, 0.1) is 6.92 Å². The summed E-state index contributed by atoms with van der Waals surface area (Å²) in [5, 5.41) is 19.6. The van der Waals surface area contributed by atoms with Crippen molar-refractivity contribution in [2.75, 3.05) is 12.4 Å². The molecule has 0 spiro atoms. The number of carbonyl (C=O) groups is 1. The number of carboxylic acids is 1. The van der Waals surface area contributed by atoms with E-state index < -0.39 is 5.97 Å². The fourth-order valence-electron chi connectivity index (χ4n) is 1.66. The number of hydrogen-bond donors (Lipinski definition) is 2. The minimum atomic E-state index is -1.19. The van der Waals surface area contributed by atoms with Crippen molar-refractivity contribution < 1.29 is 15.0 Å². The summed E-state index contributed by atoms with van der Waals surface area (Å²) in [4.78, 5) is 20.7. The Balaban J connectivity index is 2.44. The van der Waals surface area contributed by atoms with Gasteiger partial charge < -0.3 is 10.2 Å². The van der Waals surface area contributed by atoms with Gasteiger partial charge in [-0.1, -0.05) is 35.0 Å². The number of aliphatic hydroxyl groups excluding tert-OH is 1. The molecule has 1 aromatic carbocycles. The lowest BCUT2D eigenvalue weighted by atomic mass is 10.4. The molecule has 0 aliphatic heterocycles. The molecule has 5 nitrogen and oxygen atoms in total. The van der Waals surface area contributed by atoms with Crippen molar-refractivity contribution in [3.63, 3.8) is 0 Å². The van der Waals surface area contributed by atoms with Gasteiger partial charge in [-0.3, -0.25) is 0 Å². The van der Waals surface area contributed by atoms with E-state index >= 15 is 0 Å². The van der Waals surface area contributed by atoms with Gasteiger partial charge in [-0.15, -0.1) is 11.8 Å². The quantitative estimate of drug-likeness (QED) is 0.568. The first kappa shape index (κ1) is 18.4. The molecule has 1 heterocycles. The van der Waals surface area contributed by atoms with Gasteiger partial charge in [-0.2, -0.15) is 0 Å². The highest BCUT2D eigenvalue weighted by molar-refractivity contribution is 8.02. The molecule has 0 amide bonds. The van der Waals surface area contributed by atoms with Crippen LogP contribution in [0.4, 0.5) is 0 Å². The first-order valence-electron chi connectivity index (χ1n) is 6.41.